The summed E-state index contributed by atoms with van der Waals surface area (Å²) >= 11 is 0. The van der Waals surface area contributed by atoms with Crippen LogP contribution in [0.1, 0.15) is 22.5 Å². The van der Waals surface area contributed by atoms with Gasteiger partial charge in [-0.25, -0.2) is 9.97 Å². The van der Waals surface area contributed by atoms with Crippen LogP contribution in [0.3, 0.4) is 0 Å². The van der Waals surface area contributed by atoms with Gasteiger partial charge in [-0.15, -0.1) is 0 Å². The van der Waals surface area contributed by atoms with Gasteiger partial charge in [-0.2, -0.15) is 4.99 Å². The Bertz CT molecular complexity index is 1560. The van der Waals surface area contributed by atoms with E-state index in [4.69, 9.17) is 23.6 Å². The number of hydrogen-bond donors (Lipinski definition) is 2. The van der Waals surface area contributed by atoms with Gasteiger partial charge in [0, 0.05) is 44.3 Å². The number of furan rings is 1. The van der Waals surface area contributed by atoms with Crippen molar-refractivity contribution in [3.8, 4) is 11.5 Å². The van der Waals surface area contributed by atoms with E-state index >= 15 is 0 Å². The molecule has 3 aromatic heterocycles. The van der Waals surface area contributed by atoms with Gasteiger partial charge in [-0.05, 0) is 42.8 Å². The molecule has 4 aromatic rings. The maximum absolute atomic E-state index is 13.1. The highest BCUT2D eigenvalue weighted by atomic mass is 16.5. The molecular weight excluding hydrogens is 526 g/mol. The van der Waals surface area contributed by atoms with E-state index in [-0.39, 0.29) is 0 Å². The fourth-order valence-corrected chi connectivity index (χ4v) is 5.01. The first-order valence-corrected chi connectivity index (χ1v) is 13.8. The SMILES string of the molecule is COc1c(OCCCN2CCOCC2)ccc2c3n(c(=NC(=O)c4ccc(NCc5ccco5)nc4)nc12)CCN3. The van der Waals surface area contributed by atoms with Crippen LogP contribution in [-0.2, 0) is 17.8 Å². The van der Waals surface area contributed by atoms with Gasteiger partial charge < -0.3 is 29.3 Å². The number of anilines is 2. The standard InChI is InChI=1S/C29H33N7O5/c1-38-26-23(41-15-3-10-35-12-16-39-17-13-35)7-6-22-25(26)33-29(36-11-9-30-27(22)36)34-28(37)20-5-8-24(31-18-20)32-19-21-4-2-14-40-21/h2,4-8,14,18,30H,3,9-13,15-17,19H2,1H3,(H,31,32). The summed E-state index contributed by atoms with van der Waals surface area (Å²) in [5.41, 5.74) is 1.24. The zero-order valence-corrected chi connectivity index (χ0v) is 23.0. The molecule has 0 bridgehead atoms. The van der Waals surface area contributed by atoms with Crippen LogP contribution in [-0.4, -0.2) is 78.5 Å². The van der Waals surface area contributed by atoms with E-state index in [9.17, 15) is 4.79 Å². The topological polar surface area (TPSA) is 128 Å². The van der Waals surface area contributed by atoms with Gasteiger partial charge in [0.05, 0.1) is 45.3 Å². The molecule has 1 saturated heterocycles. The van der Waals surface area contributed by atoms with Crippen molar-refractivity contribution in [1.82, 2.24) is 19.4 Å². The van der Waals surface area contributed by atoms with Crippen molar-refractivity contribution in [2.75, 3.05) is 63.7 Å². The van der Waals surface area contributed by atoms with Gasteiger partial charge >= 0.3 is 0 Å². The zero-order valence-electron chi connectivity index (χ0n) is 23.0. The van der Waals surface area contributed by atoms with E-state index in [1.807, 2.05) is 28.8 Å². The van der Waals surface area contributed by atoms with Gasteiger partial charge in [-0.1, -0.05) is 0 Å². The number of fused-ring (bicyclic) bond motifs is 3. The molecule has 2 N–H and O–H groups in total. The normalized spacial score (nSPS) is 15.5. The summed E-state index contributed by atoms with van der Waals surface area (Å²) < 4.78 is 24.6. The summed E-state index contributed by atoms with van der Waals surface area (Å²) in [7, 11) is 1.60. The van der Waals surface area contributed by atoms with E-state index in [1.165, 1.54) is 6.20 Å². The van der Waals surface area contributed by atoms with Crippen LogP contribution in [0.4, 0.5) is 11.6 Å². The van der Waals surface area contributed by atoms with Crippen molar-refractivity contribution in [1.29, 1.82) is 0 Å². The Morgan fingerprint density at radius 1 is 1.17 bits per heavy atom. The lowest BCUT2D eigenvalue weighted by Crippen LogP contribution is -2.37. The van der Waals surface area contributed by atoms with Crippen molar-refractivity contribution in [2.24, 2.45) is 4.99 Å². The maximum Gasteiger partial charge on any atom is 0.281 e. The summed E-state index contributed by atoms with van der Waals surface area (Å²) in [6.07, 6.45) is 4.01. The van der Waals surface area contributed by atoms with Gasteiger partial charge in [0.25, 0.3) is 5.91 Å². The third kappa shape index (κ3) is 6.03. The molecule has 1 aromatic carbocycles. The molecule has 0 radical (unpaired) electrons. The van der Waals surface area contributed by atoms with Crippen LogP contribution in [0.2, 0.25) is 0 Å². The fraction of sp³-hybridized carbons (Fsp3) is 0.379. The molecule has 0 unspecified atom stereocenters. The van der Waals surface area contributed by atoms with Crippen LogP contribution < -0.4 is 25.7 Å². The highest BCUT2D eigenvalue weighted by Crippen LogP contribution is 2.37. The highest BCUT2D eigenvalue weighted by molar-refractivity contribution is 5.96. The Morgan fingerprint density at radius 2 is 2.07 bits per heavy atom. The predicted molar refractivity (Wildman–Crippen MR) is 152 cm³/mol. The fourth-order valence-electron chi connectivity index (χ4n) is 5.01. The van der Waals surface area contributed by atoms with Crippen molar-refractivity contribution in [2.45, 2.75) is 19.5 Å². The van der Waals surface area contributed by atoms with Crippen LogP contribution in [0.25, 0.3) is 10.9 Å². The molecule has 0 spiro atoms. The number of morpholine rings is 1. The first-order valence-electron chi connectivity index (χ1n) is 13.8. The number of rotatable bonds is 10. The predicted octanol–water partition coefficient (Wildman–Crippen LogP) is 2.91. The number of aromatic nitrogens is 3. The third-order valence-electron chi connectivity index (χ3n) is 7.12. The quantitative estimate of drug-likeness (QED) is 0.280. The largest absolute Gasteiger partial charge is 0.491 e. The average molecular weight is 560 g/mol. The maximum atomic E-state index is 13.1. The number of methoxy groups -OCH3 is 1. The number of carbonyl (C=O) groups excluding carboxylic acids is 1. The lowest BCUT2D eigenvalue weighted by atomic mass is 10.2. The average Bonchev–Trinajstić information content (AvgIpc) is 3.72. The van der Waals surface area contributed by atoms with E-state index < -0.39 is 5.91 Å². The van der Waals surface area contributed by atoms with Crippen molar-refractivity contribution >= 4 is 28.4 Å². The lowest BCUT2D eigenvalue weighted by Gasteiger charge is -2.26. The number of amides is 1. The Labute approximate surface area is 237 Å². The van der Waals surface area contributed by atoms with Gasteiger partial charge in [0.1, 0.15) is 22.9 Å². The lowest BCUT2D eigenvalue weighted by molar-refractivity contribution is 0.0357. The molecule has 6 rings (SSSR count). The molecule has 5 heterocycles. The Hall–Kier alpha value is -4.42. The number of ether oxygens (including phenoxy) is 3. The second-order valence-electron chi connectivity index (χ2n) is 9.77. The number of pyridine rings is 1. The summed E-state index contributed by atoms with van der Waals surface area (Å²) in [5.74, 6) is 2.96. The first-order chi connectivity index (χ1) is 20.2. The van der Waals surface area contributed by atoms with Crippen LogP contribution in [0.15, 0.2) is 58.3 Å². The molecule has 214 valence electrons. The van der Waals surface area contributed by atoms with E-state index in [1.54, 1.807) is 25.5 Å². The molecule has 0 saturated carbocycles. The minimum Gasteiger partial charge on any atom is -0.491 e. The van der Waals surface area contributed by atoms with Crippen LogP contribution in [0.5, 0.6) is 11.5 Å². The number of benzene rings is 1. The van der Waals surface area contributed by atoms with Crippen molar-refractivity contribution in [3.63, 3.8) is 0 Å². The first kappa shape index (κ1) is 26.8. The molecule has 0 atom stereocenters. The highest BCUT2D eigenvalue weighted by Gasteiger charge is 2.21. The molecule has 12 nitrogen and oxygen atoms in total. The van der Waals surface area contributed by atoms with E-state index in [2.05, 4.69) is 25.5 Å². The van der Waals surface area contributed by atoms with Crippen molar-refractivity contribution in [3.05, 3.63) is 65.8 Å². The zero-order chi connectivity index (χ0) is 28.0. The van der Waals surface area contributed by atoms with E-state index in [0.717, 1.165) is 56.2 Å². The second-order valence-corrected chi connectivity index (χ2v) is 9.77. The molecule has 1 fully saturated rings. The minimum absolute atomic E-state index is 0.297. The molecule has 2 aliphatic heterocycles. The van der Waals surface area contributed by atoms with Crippen LogP contribution in [0, 0.1) is 0 Å². The van der Waals surface area contributed by atoms with Crippen LogP contribution >= 0.6 is 0 Å². The Balaban J connectivity index is 1.22. The molecule has 1 amide bonds. The number of nitrogens with one attached hydrogen (secondary N) is 2. The molecule has 12 heteroatoms. The smallest absolute Gasteiger partial charge is 0.281 e. The minimum atomic E-state index is -0.432. The van der Waals surface area contributed by atoms with Crippen molar-refractivity contribution < 1.29 is 23.4 Å². The number of nitrogens with zero attached hydrogens (tertiary/aromatic N) is 5. The summed E-state index contributed by atoms with van der Waals surface area (Å²) in [5, 5.41) is 7.44. The molecule has 2 aliphatic rings. The molecule has 0 aliphatic carbocycles. The number of hydrogen-bond acceptors (Lipinski definition) is 10. The molecular formula is C29H33N7O5. The number of carbonyl (C=O) groups is 1. The Kier molecular flexibility index (Phi) is 8.10. The van der Waals surface area contributed by atoms with Gasteiger partial charge in [0.2, 0.25) is 5.62 Å². The summed E-state index contributed by atoms with van der Waals surface area (Å²) in [6.45, 7) is 6.80. The van der Waals surface area contributed by atoms with Gasteiger partial charge in [-0.3, -0.25) is 14.3 Å². The third-order valence-corrected chi connectivity index (χ3v) is 7.12. The second kappa shape index (κ2) is 12.4. The monoisotopic (exact) mass is 559 g/mol. The molecule has 41 heavy (non-hydrogen) atoms. The van der Waals surface area contributed by atoms with Gasteiger partial charge in [0.15, 0.2) is 11.5 Å². The summed E-state index contributed by atoms with van der Waals surface area (Å²) in [4.78, 5) is 29.0. The summed E-state index contributed by atoms with van der Waals surface area (Å²) in [6, 6.07) is 11.0. The van der Waals surface area contributed by atoms with E-state index in [0.29, 0.717) is 60.3 Å². The Morgan fingerprint density at radius 3 is 2.85 bits per heavy atom.